The maximum Gasteiger partial charge on any atom is 0.203 e. The van der Waals surface area contributed by atoms with E-state index in [0.29, 0.717) is 17.9 Å². The molecular formula is C21H27N3O3. The number of aromatic nitrogens is 2. The Balaban J connectivity index is 1.73. The van der Waals surface area contributed by atoms with Crippen molar-refractivity contribution >= 4 is 11.0 Å². The van der Waals surface area contributed by atoms with Crippen molar-refractivity contribution in [2.24, 2.45) is 0 Å². The molecule has 1 aromatic heterocycles. The summed E-state index contributed by atoms with van der Waals surface area (Å²) in [6.07, 6.45) is 1.38. The van der Waals surface area contributed by atoms with Crippen LogP contribution in [0.2, 0.25) is 0 Å². The van der Waals surface area contributed by atoms with Crippen LogP contribution in [0.3, 0.4) is 0 Å². The number of para-hydroxylation sites is 2. The van der Waals surface area contributed by atoms with E-state index in [4.69, 9.17) is 14.9 Å². The van der Waals surface area contributed by atoms with Gasteiger partial charge < -0.3 is 23.7 Å². The summed E-state index contributed by atoms with van der Waals surface area (Å²) < 4.78 is 14.7. The molecule has 2 aromatic carbocycles. The predicted molar refractivity (Wildman–Crippen MR) is 105 cm³/mol. The Morgan fingerprint density at radius 2 is 1.63 bits per heavy atom. The number of unbranched alkanes of at least 4 members (excludes halogenated alkanes) is 1. The first-order valence-electron chi connectivity index (χ1n) is 9.31. The van der Waals surface area contributed by atoms with Crippen molar-refractivity contribution < 1.29 is 14.6 Å². The van der Waals surface area contributed by atoms with E-state index in [-0.39, 0.29) is 6.61 Å². The van der Waals surface area contributed by atoms with Crippen LogP contribution in [-0.4, -0.2) is 34.1 Å². The third-order valence-electron chi connectivity index (χ3n) is 4.61. The lowest BCUT2D eigenvalue weighted by Crippen LogP contribution is -2.31. The average Bonchev–Trinajstić information content (AvgIpc) is 2.96. The number of methoxy groups -OCH3 is 1. The highest BCUT2D eigenvalue weighted by molar-refractivity contribution is 5.75. The number of nitrogens with zero attached hydrogens (tertiary/aromatic N) is 2. The van der Waals surface area contributed by atoms with Crippen molar-refractivity contribution in [3.63, 3.8) is 0 Å². The van der Waals surface area contributed by atoms with Crippen molar-refractivity contribution in [2.45, 2.75) is 39.0 Å². The summed E-state index contributed by atoms with van der Waals surface area (Å²) in [5.74, 6) is 1.44. The highest BCUT2D eigenvalue weighted by Gasteiger charge is 2.14. The molecule has 0 saturated carbocycles. The lowest BCUT2D eigenvalue weighted by Gasteiger charge is -2.14. The lowest BCUT2D eigenvalue weighted by molar-refractivity contribution is 0.0920. The van der Waals surface area contributed by atoms with Gasteiger partial charge in [0.15, 0.2) is 0 Å². The fourth-order valence-electron chi connectivity index (χ4n) is 3.15. The van der Waals surface area contributed by atoms with Crippen molar-refractivity contribution in [1.82, 2.24) is 9.13 Å². The van der Waals surface area contributed by atoms with Gasteiger partial charge in [-0.05, 0) is 42.8 Å². The molecular weight excluding hydrogens is 342 g/mol. The van der Waals surface area contributed by atoms with Crippen LogP contribution in [0.4, 0.5) is 0 Å². The third kappa shape index (κ3) is 4.34. The first-order valence-corrected chi connectivity index (χ1v) is 9.31. The fraction of sp³-hybridized carbons (Fsp3) is 0.381. The minimum Gasteiger partial charge on any atom is -0.497 e. The molecule has 0 aliphatic carbocycles. The minimum atomic E-state index is -0.716. The number of hydrogen-bond donors (Lipinski definition) is 2. The van der Waals surface area contributed by atoms with Crippen molar-refractivity contribution in [1.29, 1.82) is 5.41 Å². The monoisotopic (exact) mass is 369 g/mol. The zero-order valence-corrected chi connectivity index (χ0v) is 15.9. The normalized spacial score (nSPS) is 12.3. The summed E-state index contributed by atoms with van der Waals surface area (Å²) in [6, 6.07) is 15.2. The smallest absolute Gasteiger partial charge is 0.203 e. The maximum atomic E-state index is 10.5. The van der Waals surface area contributed by atoms with Crippen molar-refractivity contribution in [3.8, 4) is 11.5 Å². The van der Waals surface area contributed by atoms with Gasteiger partial charge in [-0.3, -0.25) is 5.41 Å². The van der Waals surface area contributed by atoms with Crippen LogP contribution in [-0.2, 0) is 13.1 Å². The van der Waals surface area contributed by atoms with E-state index in [2.05, 4.69) is 6.92 Å². The molecule has 0 fully saturated rings. The summed E-state index contributed by atoms with van der Waals surface area (Å²) in [5.41, 5.74) is 2.40. The predicted octanol–water partition coefficient (Wildman–Crippen LogP) is 3.17. The zero-order valence-electron chi connectivity index (χ0n) is 15.9. The Morgan fingerprint density at radius 3 is 2.26 bits per heavy atom. The summed E-state index contributed by atoms with van der Waals surface area (Å²) in [7, 11) is 1.62. The van der Waals surface area contributed by atoms with Gasteiger partial charge in [0.1, 0.15) is 24.2 Å². The van der Waals surface area contributed by atoms with Crippen LogP contribution >= 0.6 is 0 Å². The van der Waals surface area contributed by atoms with Gasteiger partial charge in [0.05, 0.1) is 24.7 Å². The van der Waals surface area contributed by atoms with Gasteiger partial charge in [-0.2, -0.15) is 0 Å². The SMILES string of the molecule is CCCCn1c(=N)n(C[C@@H](O)COc2ccc(OC)cc2)c2ccccc21. The molecule has 0 radical (unpaired) electrons. The summed E-state index contributed by atoms with van der Waals surface area (Å²) in [6.45, 7) is 3.42. The number of rotatable bonds is 9. The van der Waals surface area contributed by atoms with Crippen LogP contribution in [0.5, 0.6) is 11.5 Å². The van der Waals surface area contributed by atoms with E-state index in [9.17, 15) is 5.11 Å². The van der Waals surface area contributed by atoms with Crippen molar-refractivity contribution in [3.05, 3.63) is 54.1 Å². The number of aliphatic hydroxyl groups is 1. The molecule has 0 bridgehead atoms. The molecule has 0 aliphatic rings. The maximum absolute atomic E-state index is 10.5. The number of aryl methyl sites for hydroxylation is 1. The van der Waals surface area contributed by atoms with Crippen LogP contribution in [0.15, 0.2) is 48.5 Å². The first kappa shape index (κ1) is 19.0. The molecule has 3 rings (SSSR count). The van der Waals surface area contributed by atoms with Crippen LogP contribution in [0.25, 0.3) is 11.0 Å². The highest BCUT2D eigenvalue weighted by atomic mass is 16.5. The molecule has 0 spiro atoms. The molecule has 2 N–H and O–H groups in total. The molecule has 27 heavy (non-hydrogen) atoms. The first-order chi connectivity index (χ1) is 13.1. The third-order valence-corrected chi connectivity index (χ3v) is 4.61. The molecule has 6 heteroatoms. The Morgan fingerprint density at radius 1 is 1.00 bits per heavy atom. The van der Waals surface area contributed by atoms with Gasteiger partial charge in [-0.1, -0.05) is 25.5 Å². The van der Waals surface area contributed by atoms with Gasteiger partial charge in [0, 0.05) is 6.54 Å². The minimum absolute atomic E-state index is 0.160. The number of hydrogen-bond acceptors (Lipinski definition) is 4. The highest BCUT2D eigenvalue weighted by Crippen LogP contribution is 2.18. The van der Waals surface area contributed by atoms with E-state index in [1.807, 2.05) is 57.7 Å². The van der Waals surface area contributed by atoms with Crippen molar-refractivity contribution in [2.75, 3.05) is 13.7 Å². The average molecular weight is 369 g/mol. The Kier molecular flexibility index (Phi) is 6.19. The molecule has 6 nitrogen and oxygen atoms in total. The molecule has 0 unspecified atom stereocenters. The standard InChI is InChI=1S/C21H27N3O3/c1-3-4-13-23-19-7-5-6-8-20(19)24(21(23)22)14-16(25)15-27-18-11-9-17(26-2)10-12-18/h5-12,16,22,25H,3-4,13-15H2,1-2H3/t16-/m1/s1. The van der Waals surface area contributed by atoms with Gasteiger partial charge in [-0.25, -0.2) is 0 Å². The summed E-state index contributed by atoms with van der Waals surface area (Å²) in [4.78, 5) is 0. The van der Waals surface area contributed by atoms with Crippen LogP contribution < -0.4 is 15.1 Å². The number of fused-ring (bicyclic) bond motifs is 1. The number of aliphatic hydroxyl groups excluding tert-OH is 1. The summed E-state index contributed by atoms with van der Waals surface area (Å²) >= 11 is 0. The number of nitrogens with one attached hydrogen (secondary N) is 1. The van der Waals surface area contributed by atoms with E-state index < -0.39 is 6.10 Å². The largest absolute Gasteiger partial charge is 0.497 e. The van der Waals surface area contributed by atoms with E-state index in [1.165, 1.54) is 0 Å². The van der Waals surface area contributed by atoms with Gasteiger partial charge in [-0.15, -0.1) is 0 Å². The molecule has 144 valence electrons. The number of ether oxygens (including phenoxy) is 2. The Hall–Kier alpha value is -2.73. The number of imidazole rings is 1. The topological polar surface area (TPSA) is 72.4 Å². The van der Waals surface area contributed by atoms with Gasteiger partial charge in [0.2, 0.25) is 5.62 Å². The molecule has 0 amide bonds. The Bertz CT molecular complexity index is 928. The molecule has 1 atom stereocenters. The van der Waals surface area contributed by atoms with Crippen LogP contribution in [0.1, 0.15) is 19.8 Å². The quantitative estimate of drug-likeness (QED) is 0.608. The van der Waals surface area contributed by atoms with E-state index in [0.717, 1.165) is 36.2 Å². The molecule has 0 saturated heterocycles. The Labute approximate surface area is 159 Å². The summed E-state index contributed by atoms with van der Waals surface area (Å²) in [5, 5.41) is 19.0. The molecule has 1 heterocycles. The fourth-order valence-corrected chi connectivity index (χ4v) is 3.15. The molecule has 3 aromatic rings. The zero-order chi connectivity index (χ0) is 19.2. The van der Waals surface area contributed by atoms with Gasteiger partial charge >= 0.3 is 0 Å². The lowest BCUT2D eigenvalue weighted by atomic mass is 10.3. The van der Waals surface area contributed by atoms with E-state index >= 15 is 0 Å². The van der Waals surface area contributed by atoms with Gasteiger partial charge in [0.25, 0.3) is 0 Å². The van der Waals surface area contributed by atoms with Crippen LogP contribution in [0, 0.1) is 5.41 Å². The number of benzene rings is 2. The second kappa shape index (κ2) is 8.77. The second-order valence-corrected chi connectivity index (χ2v) is 6.57. The molecule has 0 aliphatic heterocycles. The van der Waals surface area contributed by atoms with E-state index in [1.54, 1.807) is 7.11 Å². The second-order valence-electron chi connectivity index (χ2n) is 6.57.